The second-order valence-corrected chi connectivity index (χ2v) is 8.07. The molecule has 4 rings (SSSR count). The third-order valence-corrected chi connectivity index (χ3v) is 6.23. The highest BCUT2D eigenvalue weighted by molar-refractivity contribution is 7.10. The summed E-state index contributed by atoms with van der Waals surface area (Å²) in [7, 11) is 0. The van der Waals surface area contributed by atoms with Gasteiger partial charge in [0.25, 0.3) is 0 Å². The zero-order chi connectivity index (χ0) is 17.2. The lowest BCUT2D eigenvalue weighted by molar-refractivity contribution is -0.117. The number of amides is 1. The molecule has 1 fully saturated rings. The number of nitrogens with one attached hydrogen (secondary N) is 1. The summed E-state index contributed by atoms with van der Waals surface area (Å²) in [4.78, 5) is 18.6. The molecule has 2 aromatic rings. The number of anilines is 2. The van der Waals surface area contributed by atoms with Gasteiger partial charge in [-0.1, -0.05) is 0 Å². The summed E-state index contributed by atoms with van der Waals surface area (Å²) in [5, 5.41) is 5.25. The Labute approximate surface area is 153 Å². The average Bonchev–Trinajstić information content (AvgIpc) is 3.27. The Morgan fingerprint density at radius 2 is 2.04 bits per heavy atom. The fourth-order valence-corrected chi connectivity index (χ4v) is 4.68. The Kier molecular flexibility index (Phi) is 4.77. The van der Waals surface area contributed by atoms with Crippen molar-refractivity contribution in [1.82, 2.24) is 4.90 Å². The van der Waals surface area contributed by atoms with Crippen molar-refractivity contribution in [3.05, 3.63) is 45.6 Å². The smallest absolute Gasteiger partial charge is 0.238 e. The minimum absolute atomic E-state index is 0.0794. The number of aryl methyl sites for hydroxylation is 1. The summed E-state index contributed by atoms with van der Waals surface area (Å²) in [6.07, 6.45) is 3.61. The van der Waals surface area contributed by atoms with Crippen molar-refractivity contribution in [2.45, 2.75) is 32.7 Å². The van der Waals surface area contributed by atoms with Gasteiger partial charge in [0.2, 0.25) is 5.91 Å². The zero-order valence-electron chi connectivity index (χ0n) is 14.8. The molecule has 1 N–H and O–H groups in total. The number of rotatable bonds is 4. The van der Waals surface area contributed by atoms with Gasteiger partial charge in [-0.15, -0.1) is 11.3 Å². The maximum absolute atomic E-state index is 12.5. The fourth-order valence-electron chi connectivity index (χ4n) is 3.79. The highest BCUT2D eigenvalue weighted by Gasteiger charge is 2.20. The highest BCUT2D eigenvalue weighted by atomic mass is 32.1. The van der Waals surface area contributed by atoms with Gasteiger partial charge in [0.05, 0.1) is 6.54 Å². The molecule has 1 aromatic carbocycles. The van der Waals surface area contributed by atoms with E-state index in [0.717, 1.165) is 43.9 Å². The molecule has 0 aliphatic carbocycles. The molecule has 0 bridgehead atoms. The van der Waals surface area contributed by atoms with E-state index in [1.165, 1.54) is 29.0 Å². The standard InChI is InChI=1S/C20H25N3OS/c1-15-12-17(23-8-2-3-9-23)4-5-18(15)21-20(24)14-22-10-6-19-16(13-22)7-11-25-19/h4-5,7,11-12H,2-3,6,8-10,13-14H2,1H3,(H,21,24). The molecule has 2 aliphatic heterocycles. The van der Waals surface area contributed by atoms with Crippen LogP contribution in [-0.4, -0.2) is 37.0 Å². The van der Waals surface area contributed by atoms with E-state index in [1.807, 2.05) is 17.4 Å². The third-order valence-electron chi connectivity index (χ3n) is 5.21. The van der Waals surface area contributed by atoms with Gasteiger partial charge in [-0.05, 0) is 67.0 Å². The number of carbonyl (C=O) groups is 1. The normalized spacial score (nSPS) is 17.6. The van der Waals surface area contributed by atoms with E-state index in [1.54, 1.807) is 0 Å². The Hall–Kier alpha value is -1.85. The van der Waals surface area contributed by atoms with E-state index < -0.39 is 0 Å². The monoisotopic (exact) mass is 355 g/mol. The van der Waals surface area contributed by atoms with Crippen LogP contribution in [0.5, 0.6) is 0 Å². The Balaban J connectivity index is 1.36. The molecule has 1 aromatic heterocycles. The summed E-state index contributed by atoms with van der Waals surface area (Å²) in [5.41, 5.74) is 4.72. The molecular weight excluding hydrogens is 330 g/mol. The Morgan fingerprint density at radius 1 is 1.20 bits per heavy atom. The van der Waals surface area contributed by atoms with Crippen LogP contribution in [0, 0.1) is 6.92 Å². The first-order chi connectivity index (χ1) is 12.2. The van der Waals surface area contributed by atoms with Crippen LogP contribution in [0.2, 0.25) is 0 Å². The number of fused-ring (bicyclic) bond motifs is 1. The maximum atomic E-state index is 12.5. The molecule has 0 atom stereocenters. The van der Waals surface area contributed by atoms with Gasteiger partial charge in [0, 0.05) is 42.4 Å². The van der Waals surface area contributed by atoms with E-state index in [9.17, 15) is 4.79 Å². The lowest BCUT2D eigenvalue weighted by Gasteiger charge is -2.26. The third kappa shape index (κ3) is 3.72. The van der Waals surface area contributed by atoms with Crippen molar-refractivity contribution < 1.29 is 4.79 Å². The molecule has 25 heavy (non-hydrogen) atoms. The average molecular weight is 356 g/mol. The first-order valence-electron chi connectivity index (χ1n) is 9.12. The van der Waals surface area contributed by atoms with E-state index >= 15 is 0 Å². The molecule has 1 saturated heterocycles. The van der Waals surface area contributed by atoms with Crippen LogP contribution in [-0.2, 0) is 17.8 Å². The van der Waals surface area contributed by atoms with Crippen molar-refractivity contribution >= 4 is 28.6 Å². The summed E-state index contributed by atoms with van der Waals surface area (Å²) < 4.78 is 0. The number of hydrogen-bond donors (Lipinski definition) is 1. The van der Waals surface area contributed by atoms with Gasteiger partial charge in [0.15, 0.2) is 0 Å². The minimum Gasteiger partial charge on any atom is -0.372 e. The maximum Gasteiger partial charge on any atom is 0.238 e. The number of nitrogens with zero attached hydrogens (tertiary/aromatic N) is 2. The molecule has 3 heterocycles. The summed E-state index contributed by atoms with van der Waals surface area (Å²) in [5.74, 6) is 0.0794. The first-order valence-corrected chi connectivity index (χ1v) is 10.00. The first kappa shape index (κ1) is 16.6. The molecule has 0 saturated carbocycles. The predicted molar refractivity (Wildman–Crippen MR) is 105 cm³/mol. The van der Waals surface area contributed by atoms with E-state index in [-0.39, 0.29) is 5.91 Å². The van der Waals surface area contributed by atoms with Gasteiger partial charge in [-0.25, -0.2) is 0 Å². The van der Waals surface area contributed by atoms with Crippen molar-refractivity contribution in [2.75, 3.05) is 36.4 Å². The van der Waals surface area contributed by atoms with Crippen LogP contribution in [0.25, 0.3) is 0 Å². The van der Waals surface area contributed by atoms with Crippen molar-refractivity contribution in [1.29, 1.82) is 0 Å². The topological polar surface area (TPSA) is 35.6 Å². The highest BCUT2D eigenvalue weighted by Crippen LogP contribution is 2.26. The molecule has 0 radical (unpaired) electrons. The summed E-state index contributed by atoms with van der Waals surface area (Å²) in [6, 6.07) is 8.56. The molecule has 4 nitrogen and oxygen atoms in total. The zero-order valence-corrected chi connectivity index (χ0v) is 15.6. The van der Waals surface area contributed by atoms with Crippen LogP contribution in [0.1, 0.15) is 28.8 Å². The second-order valence-electron chi connectivity index (χ2n) is 7.07. The van der Waals surface area contributed by atoms with Crippen LogP contribution < -0.4 is 10.2 Å². The predicted octanol–water partition coefficient (Wildman–Crippen LogP) is 3.65. The van der Waals surface area contributed by atoms with E-state index in [0.29, 0.717) is 6.54 Å². The van der Waals surface area contributed by atoms with Crippen LogP contribution in [0.4, 0.5) is 11.4 Å². The van der Waals surface area contributed by atoms with Crippen molar-refractivity contribution in [2.24, 2.45) is 0 Å². The van der Waals surface area contributed by atoms with Gasteiger partial charge in [-0.3, -0.25) is 9.69 Å². The summed E-state index contributed by atoms with van der Waals surface area (Å²) >= 11 is 1.83. The Bertz CT molecular complexity index is 764. The van der Waals surface area contributed by atoms with Crippen LogP contribution >= 0.6 is 11.3 Å². The van der Waals surface area contributed by atoms with Gasteiger partial charge >= 0.3 is 0 Å². The van der Waals surface area contributed by atoms with Crippen molar-refractivity contribution in [3.63, 3.8) is 0 Å². The SMILES string of the molecule is Cc1cc(N2CCCC2)ccc1NC(=O)CN1CCc2sccc2C1. The van der Waals surface area contributed by atoms with E-state index in [2.05, 4.69) is 45.6 Å². The number of carbonyl (C=O) groups excluding carboxylic acids is 1. The molecule has 2 aliphatic rings. The van der Waals surface area contributed by atoms with E-state index in [4.69, 9.17) is 0 Å². The molecule has 0 unspecified atom stereocenters. The molecule has 0 spiro atoms. The van der Waals surface area contributed by atoms with Crippen LogP contribution in [0.15, 0.2) is 29.6 Å². The number of thiophene rings is 1. The number of benzene rings is 1. The molecular formula is C20H25N3OS. The fraction of sp³-hybridized carbons (Fsp3) is 0.450. The van der Waals surface area contributed by atoms with Crippen molar-refractivity contribution in [3.8, 4) is 0 Å². The minimum atomic E-state index is 0.0794. The molecule has 1 amide bonds. The summed E-state index contributed by atoms with van der Waals surface area (Å²) in [6.45, 7) is 6.68. The van der Waals surface area contributed by atoms with Gasteiger partial charge < -0.3 is 10.2 Å². The largest absolute Gasteiger partial charge is 0.372 e. The lowest BCUT2D eigenvalue weighted by atomic mass is 10.1. The number of hydrogen-bond acceptors (Lipinski definition) is 4. The molecule has 5 heteroatoms. The quantitative estimate of drug-likeness (QED) is 0.909. The van der Waals surface area contributed by atoms with Gasteiger partial charge in [-0.2, -0.15) is 0 Å². The second kappa shape index (κ2) is 7.18. The Morgan fingerprint density at radius 3 is 2.84 bits per heavy atom. The lowest BCUT2D eigenvalue weighted by Crippen LogP contribution is -2.36. The van der Waals surface area contributed by atoms with Gasteiger partial charge in [0.1, 0.15) is 0 Å². The van der Waals surface area contributed by atoms with Crippen LogP contribution in [0.3, 0.4) is 0 Å². The molecule has 132 valence electrons.